The van der Waals surface area contributed by atoms with Crippen LogP contribution in [0, 0.1) is 17.8 Å². The normalized spacial score (nSPS) is 21.0. The molecule has 0 bridgehead atoms. The first-order valence-corrected chi connectivity index (χ1v) is 7.11. The van der Waals surface area contributed by atoms with Crippen LogP contribution in [0.2, 0.25) is 0 Å². The standard InChI is InChI=1S/C14H17NO2S/c1-2-4-10-8-13(10)15-14(17)11-7-12(18-9-11)5-3-6-16/h7,9-10,13,16H,2,4,6,8H2,1H3,(H,15,17). The van der Waals surface area contributed by atoms with Crippen molar-refractivity contribution in [3.63, 3.8) is 0 Å². The zero-order chi connectivity index (χ0) is 13.0. The first-order chi connectivity index (χ1) is 8.74. The number of amides is 1. The van der Waals surface area contributed by atoms with Crippen LogP contribution in [0.4, 0.5) is 0 Å². The fraction of sp³-hybridized carbons (Fsp3) is 0.500. The maximum absolute atomic E-state index is 11.9. The van der Waals surface area contributed by atoms with Gasteiger partial charge in [-0.25, -0.2) is 0 Å². The molecular weight excluding hydrogens is 246 g/mol. The average Bonchev–Trinajstić information content (AvgIpc) is 2.92. The van der Waals surface area contributed by atoms with Gasteiger partial charge in [-0.3, -0.25) is 4.79 Å². The van der Waals surface area contributed by atoms with E-state index in [1.54, 1.807) is 6.07 Å². The lowest BCUT2D eigenvalue weighted by atomic mass is 10.2. The SMILES string of the molecule is CCCC1CC1NC(=O)c1csc(C#CCO)c1. The van der Waals surface area contributed by atoms with Crippen LogP contribution in [0.1, 0.15) is 41.4 Å². The summed E-state index contributed by atoms with van der Waals surface area (Å²) >= 11 is 1.43. The van der Waals surface area contributed by atoms with Crippen molar-refractivity contribution in [2.45, 2.75) is 32.2 Å². The number of thiophene rings is 1. The third-order valence-corrected chi connectivity index (χ3v) is 3.90. The quantitative estimate of drug-likeness (QED) is 0.816. The zero-order valence-corrected chi connectivity index (χ0v) is 11.2. The topological polar surface area (TPSA) is 49.3 Å². The molecule has 0 aromatic carbocycles. The Kier molecular flexibility index (Phi) is 4.40. The minimum Gasteiger partial charge on any atom is -0.384 e. The Hall–Kier alpha value is -1.31. The van der Waals surface area contributed by atoms with Gasteiger partial charge in [-0.15, -0.1) is 11.3 Å². The highest BCUT2D eigenvalue weighted by molar-refractivity contribution is 7.10. The second kappa shape index (κ2) is 6.03. The Morgan fingerprint density at radius 1 is 1.67 bits per heavy atom. The van der Waals surface area contributed by atoms with Gasteiger partial charge in [0.2, 0.25) is 0 Å². The molecular formula is C14H17NO2S. The summed E-state index contributed by atoms with van der Waals surface area (Å²) in [5.74, 6) is 6.05. The van der Waals surface area contributed by atoms with E-state index in [9.17, 15) is 4.79 Å². The molecule has 1 amide bonds. The minimum absolute atomic E-state index is 0.00750. The second-order valence-corrected chi connectivity index (χ2v) is 5.44. The molecule has 1 heterocycles. The van der Waals surface area contributed by atoms with E-state index in [-0.39, 0.29) is 12.5 Å². The van der Waals surface area contributed by atoms with Crippen molar-refractivity contribution < 1.29 is 9.90 Å². The summed E-state index contributed by atoms with van der Waals surface area (Å²) in [5.41, 5.74) is 0.671. The Labute approximate surface area is 111 Å². The molecule has 1 aromatic heterocycles. The molecule has 1 saturated carbocycles. The Morgan fingerprint density at radius 2 is 2.50 bits per heavy atom. The summed E-state index contributed by atoms with van der Waals surface area (Å²) < 4.78 is 0. The fourth-order valence-corrected chi connectivity index (χ4v) is 2.77. The third-order valence-electron chi connectivity index (χ3n) is 3.05. The molecule has 0 aliphatic heterocycles. The van der Waals surface area contributed by atoms with E-state index in [1.165, 1.54) is 24.2 Å². The molecule has 2 rings (SSSR count). The third kappa shape index (κ3) is 3.34. The molecule has 1 aromatic rings. The van der Waals surface area contributed by atoms with E-state index < -0.39 is 0 Å². The largest absolute Gasteiger partial charge is 0.384 e. The lowest BCUT2D eigenvalue weighted by Gasteiger charge is -2.01. The molecule has 96 valence electrons. The number of aliphatic hydroxyl groups excluding tert-OH is 1. The first kappa shape index (κ1) is 13.1. The van der Waals surface area contributed by atoms with Crippen LogP contribution < -0.4 is 5.32 Å². The minimum atomic E-state index is -0.153. The van der Waals surface area contributed by atoms with Crippen molar-refractivity contribution in [2.24, 2.45) is 5.92 Å². The average molecular weight is 263 g/mol. The monoisotopic (exact) mass is 263 g/mol. The van der Waals surface area contributed by atoms with Gasteiger partial charge < -0.3 is 10.4 Å². The van der Waals surface area contributed by atoms with Crippen LogP contribution >= 0.6 is 11.3 Å². The summed E-state index contributed by atoms with van der Waals surface area (Å²) in [6, 6.07) is 2.14. The molecule has 0 saturated heterocycles. The molecule has 2 unspecified atom stereocenters. The number of aliphatic hydroxyl groups is 1. The van der Waals surface area contributed by atoms with Crippen LogP contribution in [0.25, 0.3) is 0 Å². The van der Waals surface area contributed by atoms with Gasteiger partial charge in [0.25, 0.3) is 5.91 Å². The maximum atomic E-state index is 11.9. The molecule has 0 radical (unpaired) electrons. The van der Waals surface area contributed by atoms with Gasteiger partial charge in [-0.1, -0.05) is 25.2 Å². The Bertz CT molecular complexity index is 483. The van der Waals surface area contributed by atoms with Gasteiger partial charge in [0.1, 0.15) is 6.61 Å². The van der Waals surface area contributed by atoms with Gasteiger partial charge in [-0.05, 0) is 24.8 Å². The number of carbonyl (C=O) groups excluding carboxylic acids is 1. The molecule has 3 nitrogen and oxygen atoms in total. The highest BCUT2D eigenvalue weighted by Crippen LogP contribution is 2.34. The molecule has 1 aliphatic carbocycles. The summed E-state index contributed by atoms with van der Waals surface area (Å²) in [6.07, 6.45) is 3.49. The highest BCUT2D eigenvalue weighted by atomic mass is 32.1. The Morgan fingerprint density at radius 3 is 3.22 bits per heavy atom. The lowest BCUT2D eigenvalue weighted by Crippen LogP contribution is -2.26. The Balaban J connectivity index is 1.88. The van der Waals surface area contributed by atoms with E-state index in [1.807, 2.05) is 5.38 Å². The predicted octanol–water partition coefficient (Wildman–Crippen LogP) is 2.01. The van der Waals surface area contributed by atoms with Crippen molar-refractivity contribution >= 4 is 17.2 Å². The molecule has 1 fully saturated rings. The van der Waals surface area contributed by atoms with E-state index in [4.69, 9.17) is 5.11 Å². The van der Waals surface area contributed by atoms with Gasteiger partial charge in [0.15, 0.2) is 0 Å². The van der Waals surface area contributed by atoms with E-state index >= 15 is 0 Å². The van der Waals surface area contributed by atoms with Gasteiger partial charge in [0, 0.05) is 11.4 Å². The molecule has 2 atom stereocenters. The first-order valence-electron chi connectivity index (χ1n) is 6.23. The number of nitrogens with one attached hydrogen (secondary N) is 1. The van der Waals surface area contributed by atoms with E-state index in [2.05, 4.69) is 24.1 Å². The summed E-state index contributed by atoms with van der Waals surface area (Å²) in [7, 11) is 0. The van der Waals surface area contributed by atoms with E-state index in [0.717, 1.165) is 11.3 Å². The van der Waals surface area contributed by atoms with E-state index in [0.29, 0.717) is 17.5 Å². The van der Waals surface area contributed by atoms with Crippen molar-refractivity contribution in [1.29, 1.82) is 0 Å². The van der Waals surface area contributed by atoms with Crippen molar-refractivity contribution in [3.8, 4) is 11.8 Å². The molecule has 2 N–H and O–H groups in total. The second-order valence-electron chi connectivity index (χ2n) is 4.52. The fourth-order valence-electron chi connectivity index (χ4n) is 2.01. The van der Waals surface area contributed by atoms with Crippen LogP contribution in [-0.2, 0) is 0 Å². The zero-order valence-electron chi connectivity index (χ0n) is 10.4. The number of carbonyl (C=O) groups is 1. The van der Waals surface area contributed by atoms with Crippen LogP contribution in [0.15, 0.2) is 11.4 Å². The molecule has 4 heteroatoms. The predicted molar refractivity (Wildman–Crippen MR) is 72.6 cm³/mol. The lowest BCUT2D eigenvalue weighted by molar-refractivity contribution is 0.0949. The van der Waals surface area contributed by atoms with Gasteiger partial charge in [-0.2, -0.15) is 0 Å². The number of hydrogen-bond acceptors (Lipinski definition) is 3. The van der Waals surface area contributed by atoms with Gasteiger partial charge >= 0.3 is 0 Å². The smallest absolute Gasteiger partial charge is 0.252 e. The number of rotatable bonds is 4. The van der Waals surface area contributed by atoms with Crippen molar-refractivity contribution in [3.05, 3.63) is 21.9 Å². The highest BCUT2D eigenvalue weighted by Gasteiger charge is 2.37. The molecule has 0 spiro atoms. The maximum Gasteiger partial charge on any atom is 0.252 e. The summed E-state index contributed by atoms with van der Waals surface area (Å²) in [6.45, 7) is 2.02. The number of hydrogen-bond donors (Lipinski definition) is 2. The molecule has 18 heavy (non-hydrogen) atoms. The van der Waals surface area contributed by atoms with Crippen LogP contribution in [0.5, 0.6) is 0 Å². The van der Waals surface area contributed by atoms with Crippen LogP contribution in [0.3, 0.4) is 0 Å². The van der Waals surface area contributed by atoms with Crippen molar-refractivity contribution in [1.82, 2.24) is 5.32 Å². The van der Waals surface area contributed by atoms with Crippen LogP contribution in [-0.4, -0.2) is 23.7 Å². The summed E-state index contributed by atoms with van der Waals surface area (Å²) in [4.78, 5) is 12.7. The molecule has 1 aliphatic rings. The van der Waals surface area contributed by atoms with Gasteiger partial charge in [0.05, 0.1) is 10.4 Å². The van der Waals surface area contributed by atoms with Crippen molar-refractivity contribution in [2.75, 3.05) is 6.61 Å². The summed E-state index contributed by atoms with van der Waals surface area (Å²) in [5, 5.41) is 13.5.